The van der Waals surface area contributed by atoms with Gasteiger partial charge in [-0.2, -0.15) is 0 Å². The van der Waals surface area contributed by atoms with Crippen LogP contribution in [0.2, 0.25) is 0 Å². The highest BCUT2D eigenvalue weighted by atomic mass is 14.5. The minimum atomic E-state index is 0.502. The molecule has 2 nitrogen and oxygen atoms in total. The highest BCUT2D eigenvalue weighted by Gasteiger charge is 2.05. The van der Waals surface area contributed by atoms with E-state index in [1.54, 1.807) is 12.2 Å². The van der Waals surface area contributed by atoms with Crippen LogP contribution in [0.3, 0.4) is 0 Å². The van der Waals surface area contributed by atoms with Crippen molar-refractivity contribution in [2.75, 3.05) is 6.54 Å². The SMILES string of the molecule is N#CC1=[C+]C=C(CN)C=C1. The summed E-state index contributed by atoms with van der Waals surface area (Å²) in [7, 11) is 0. The van der Waals surface area contributed by atoms with E-state index >= 15 is 0 Å². The molecule has 0 aliphatic heterocycles. The molecule has 10 heavy (non-hydrogen) atoms. The first kappa shape index (κ1) is 6.70. The maximum Gasteiger partial charge on any atom is 0.235 e. The first-order valence-electron chi connectivity index (χ1n) is 2.97. The number of rotatable bonds is 1. The number of nitrogens with zero attached hydrogens (tertiary/aromatic N) is 1. The van der Waals surface area contributed by atoms with E-state index in [0.717, 1.165) is 5.57 Å². The fourth-order valence-electron chi connectivity index (χ4n) is 0.654. The molecule has 0 atom stereocenters. The summed E-state index contributed by atoms with van der Waals surface area (Å²) in [6.07, 6.45) is 8.07. The molecule has 0 heterocycles. The Bertz CT molecular complexity index is 251. The van der Waals surface area contributed by atoms with Crippen LogP contribution in [0.1, 0.15) is 0 Å². The van der Waals surface area contributed by atoms with Gasteiger partial charge in [0.1, 0.15) is 0 Å². The van der Waals surface area contributed by atoms with Crippen molar-refractivity contribution < 1.29 is 0 Å². The lowest BCUT2D eigenvalue weighted by molar-refractivity contribution is 1.18. The lowest BCUT2D eigenvalue weighted by Gasteiger charge is -1.89. The van der Waals surface area contributed by atoms with Crippen LogP contribution in [0, 0.1) is 17.4 Å². The maximum atomic E-state index is 8.39. The zero-order valence-corrected chi connectivity index (χ0v) is 5.46. The highest BCUT2D eigenvalue weighted by molar-refractivity contribution is 5.42. The molecular formula is C8H7N2+. The van der Waals surface area contributed by atoms with Crippen LogP contribution in [-0.2, 0) is 0 Å². The van der Waals surface area contributed by atoms with E-state index < -0.39 is 0 Å². The van der Waals surface area contributed by atoms with Crippen molar-refractivity contribution in [3.05, 3.63) is 35.5 Å². The lowest BCUT2D eigenvalue weighted by atomic mass is 10.1. The molecule has 2 N–H and O–H groups in total. The lowest BCUT2D eigenvalue weighted by Crippen LogP contribution is -2.01. The van der Waals surface area contributed by atoms with Crippen molar-refractivity contribution in [1.29, 1.82) is 5.26 Å². The number of nitriles is 1. The van der Waals surface area contributed by atoms with Crippen molar-refractivity contribution in [3.63, 3.8) is 0 Å². The minimum Gasteiger partial charge on any atom is -0.319 e. The first-order chi connectivity index (χ1) is 4.86. The summed E-state index contributed by atoms with van der Waals surface area (Å²) in [5.74, 6) is 0. The Balaban J connectivity index is 2.81. The maximum absolute atomic E-state index is 8.39. The molecule has 1 rings (SSSR count). The number of hydrogen-bond acceptors (Lipinski definition) is 2. The van der Waals surface area contributed by atoms with Gasteiger partial charge in [-0.15, -0.1) is 5.26 Å². The smallest absolute Gasteiger partial charge is 0.235 e. The van der Waals surface area contributed by atoms with E-state index in [0.29, 0.717) is 12.1 Å². The predicted octanol–water partition coefficient (Wildman–Crippen LogP) is 0.694. The van der Waals surface area contributed by atoms with Crippen molar-refractivity contribution in [2.45, 2.75) is 0 Å². The molecule has 0 aromatic carbocycles. The molecule has 0 saturated heterocycles. The van der Waals surface area contributed by atoms with Gasteiger partial charge in [0.2, 0.25) is 11.6 Å². The summed E-state index contributed by atoms with van der Waals surface area (Å²) >= 11 is 0. The van der Waals surface area contributed by atoms with Gasteiger partial charge in [0.15, 0.2) is 0 Å². The fraction of sp³-hybridized carbons (Fsp3) is 0.125. The Kier molecular flexibility index (Phi) is 1.96. The summed E-state index contributed by atoms with van der Waals surface area (Å²) in [5.41, 5.74) is 6.89. The number of hydrogen-bond donors (Lipinski definition) is 1. The largest absolute Gasteiger partial charge is 0.319 e. The third-order valence-electron chi connectivity index (χ3n) is 1.23. The Labute approximate surface area is 60.0 Å². The van der Waals surface area contributed by atoms with Gasteiger partial charge in [-0.1, -0.05) is 0 Å². The Hall–Kier alpha value is -1.42. The Morgan fingerprint density at radius 2 is 2.40 bits per heavy atom. The van der Waals surface area contributed by atoms with Gasteiger partial charge in [0.05, 0.1) is 24.3 Å². The second kappa shape index (κ2) is 2.93. The summed E-state index contributed by atoms with van der Waals surface area (Å²) in [6, 6.07) is 1.98. The molecule has 48 valence electrons. The summed E-state index contributed by atoms with van der Waals surface area (Å²) < 4.78 is 0. The number of allylic oxidation sites excluding steroid dienone is 4. The molecule has 2 heteroatoms. The standard InChI is InChI=1S/C8H7N2/c9-5-7-1-2-8(6-10)4-3-7/h1-3H,5,9H2/q+1. The normalized spacial score (nSPS) is 14.8. The summed E-state index contributed by atoms with van der Waals surface area (Å²) in [6.45, 7) is 0.502. The van der Waals surface area contributed by atoms with Crippen LogP contribution in [-0.4, -0.2) is 6.54 Å². The van der Waals surface area contributed by atoms with Gasteiger partial charge in [0, 0.05) is 12.2 Å². The van der Waals surface area contributed by atoms with Gasteiger partial charge in [-0.3, -0.25) is 0 Å². The zero-order valence-electron chi connectivity index (χ0n) is 5.46. The fourth-order valence-corrected chi connectivity index (χ4v) is 0.654. The molecular weight excluding hydrogens is 124 g/mol. The molecule has 1 aliphatic rings. The topological polar surface area (TPSA) is 49.8 Å². The molecule has 0 unspecified atom stereocenters. The zero-order chi connectivity index (χ0) is 7.40. The third kappa shape index (κ3) is 1.29. The monoisotopic (exact) mass is 131 g/mol. The van der Waals surface area contributed by atoms with Crippen LogP contribution in [0.15, 0.2) is 29.4 Å². The molecule has 0 radical (unpaired) electrons. The van der Waals surface area contributed by atoms with Crippen LogP contribution in [0.25, 0.3) is 0 Å². The quantitative estimate of drug-likeness (QED) is 0.532. The molecule has 1 aliphatic carbocycles. The molecule has 0 amide bonds. The second-order valence-corrected chi connectivity index (χ2v) is 1.93. The molecule has 0 aromatic heterocycles. The van der Waals surface area contributed by atoms with Gasteiger partial charge < -0.3 is 5.73 Å². The van der Waals surface area contributed by atoms with Crippen molar-refractivity contribution in [3.8, 4) is 6.07 Å². The van der Waals surface area contributed by atoms with E-state index in [1.807, 2.05) is 12.1 Å². The van der Waals surface area contributed by atoms with Crippen molar-refractivity contribution >= 4 is 0 Å². The molecule has 0 spiro atoms. The molecule has 0 aromatic rings. The van der Waals surface area contributed by atoms with E-state index in [1.165, 1.54) is 0 Å². The average Bonchev–Trinajstić information content (AvgIpc) is 2.05. The van der Waals surface area contributed by atoms with Gasteiger partial charge in [-0.25, -0.2) is 0 Å². The van der Waals surface area contributed by atoms with Gasteiger partial charge in [0.25, 0.3) is 0 Å². The van der Waals surface area contributed by atoms with Crippen LogP contribution < -0.4 is 5.73 Å². The van der Waals surface area contributed by atoms with Crippen molar-refractivity contribution in [2.24, 2.45) is 5.73 Å². The molecule has 0 bridgehead atoms. The van der Waals surface area contributed by atoms with E-state index in [2.05, 4.69) is 6.08 Å². The average molecular weight is 131 g/mol. The second-order valence-electron chi connectivity index (χ2n) is 1.93. The van der Waals surface area contributed by atoms with Crippen LogP contribution >= 0.6 is 0 Å². The van der Waals surface area contributed by atoms with E-state index in [4.69, 9.17) is 11.0 Å². The summed E-state index contributed by atoms with van der Waals surface area (Å²) in [5, 5.41) is 8.39. The number of nitrogens with two attached hydrogens (primary N) is 1. The predicted molar refractivity (Wildman–Crippen MR) is 38.6 cm³/mol. The van der Waals surface area contributed by atoms with Gasteiger partial charge >= 0.3 is 0 Å². The third-order valence-corrected chi connectivity index (χ3v) is 1.23. The van der Waals surface area contributed by atoms with Crippen LogP contribution in [0.4, 0.5) is 0 Å². The van der Waals surface area contributed by atoms with E-state index in [-0.39, 0.29) is 0 Å². The molecule has 0 fully saturated rings. The summed E-state index contributed by atoms with van der Waals surface area (Å²) in [4.78, 5) is 0. The highest BCUT2D eigenvalue weighted by Crippen LogP contribution is 2.06. The van der Waals surface area contributed by atoms with Crippen LogP contribution in [0.5, 0.6) is 0 Å². The Morgan fingerprint density at radius 3 is 2.80 bits per heavy atom. The van der Waals surface area contributed by atoms with Crippen molar-refractivity contribution in [1.82, 2.24) is 0 Å². The Morgan fingerprint density at radius 1 is 1.60 bits per heavy atom. The van der Waals surface area contributed by atoms with E-state index in [9.17, 15) is 0 Å². The van der Waals surface area contributed by atoms with Gasteiger partial charge in [-0.05, 0) is 0 Å². The first-order valence-corrected chi connectivity index (χ1v) is 2.97. The minimum absolute atomic E-state index is 0.502. The molecule has 0 saturated carbocycles.